The van der Waals surface area contributed by atoms with Crippen LogP contribution in [-0.4, -0.2) is 19.8 Å². The summed E-state index contributed by atoms with van der Waals surface area (Å²) in [6.45, 7) is 5.12. The molecule has 1 aromatic rings. The first kappa shape index (κ1) is 16.1. The molecule has 3 heteroatoms. The average Bonchev–Trinajstić information content (AvgIpc) is 2.42. The minimum absolute atomic E-state index is 0.176. The Morgan fingerprint density at radius 1 is 1.21 bits per heavy atom. The summed E-state index contributed by atoms with van der Waals surface area (Å²) in [6.07, 6.45) is 4.41. The Bertz CT molecular complexity index is 339. The fraction of sp³-hybridized carbons (Fsp3) is 0.625. The minimum Gasteiger partial charge on any atom is -0.385 e. The summed E-state index contributed by atoms with van der Waals surface area (Å²) in [5, 5.41) is 3.62. The molecule has 0 aromatic heterocycles. The number of ether oxygens (including phenoxy) is 1. The Morgan fingerprint density at radius 2 is 1.89 bits per heavy atom. The summed E-state index contributed by atoms with van der Waals surface area (Å²) in [4.78, 5) is 0. The van der Waals surface area contributed by atoms with Gasteiger partial charge < -0.3 is 10.1 Å². The van der Waals surface area contributed by atoms with Crippen molar-refractivity contribution in [1.29, 1.82) is 0 Å². The summed E-state index contributed by atoms with van der Waals surface area (Å²) in [6, 6.07) is 7.53. The predicted molar refractivity (Wildman–Crippen MR) is 77.8 cm³/mol. The van der Waals surface area contributed by atoms with Gasteiger partial charge in [-0.1, -0.05) is 31.9 Å². The highest BCUT2D eigenvalue weighted by Crippen LogP contribution is 2.21. The number of nitrogens with one attached hydrogen (secondary N) is 1. The summed E-state index contributed by atoms with van der Waals surface area (Å²) in [5.74, 6) is -0.176. The van der Waals surface area contributed by atoms with Gasteiger partial charge in [0.25, 0.3) is 0 Å². The number of hydrogen-bond acceptors (Lipinski definition) is 2. The van der Waals surface area contributed by atoms with E-state index in [0.29, 0.717) is 12.1 Å². The number of benzene rings is 1. The van der Waals surface area contributed by atoms with Crippen molar-refractivity contribution in [2.24, 2.45) is 0 Å². The molecule has 0 aliphatic rings. The standard InChI is InChI=1S/C16H26FNO/c1-4-5-6-16(18-13(2)11-12-19-3)14-7-9-15(17)10-8-14/h7-10,13,16,18H,4-6,11-12H2,1-3H3. The molecule has 0 fully saturated rings. The predicted octanol–water partition coefficient (Wildman–Crippen LogP) is 4.07. The van der Waals surface area contributed by atoms with Gasteiger partial charge in [0, 0.05) is 25.8 Å². The molecule has 0 aliphatic carbocycles. The first-order chi connectivity index (χ1) is 9.17. The van der Waals surface area contributed by atoms with Crippen molar-refractivity contribution in [2.45, 2.75) is 51.6 Å². The van der Waals surface area contributed by atoms with Gasteiger partial charge in [0.15, 0.2) is 0 Å². The number of methoxy groups -OCH3 is 1. The fourth-order valence-electron chi connectivity index (χ4n) is 2.17. The van der Waals surface area contributed by atoms with E-state index >= 15 is 0 Å². The van der Waals surface area contributed by atoms with Crippen LogP contribution in [-0.2, 0) is 4.74 Å². The van der Waals surface area contributed by atoms with Crippen LogP contribution in [0.5, 0.6) is 0 Å². The maximum absolute atomic E-state index is 13.0. The zero-order valence-corrected chi connectivity index (χ0v) is 12.3. The lowest BCUT2D eigenvalue weighted by Crippen LogP contribution is -2.31. The monoisotopic (exact) mass is 267 g/mol. The van der Waals surface area contributed by atoms with Crippen molar-refractivity contribution < 1.29 is 9.13 Å². The van der Waals surface area contributed by atoms with Gasteiger partial charge in [0.2, 0.25) is 0 Å². The SMILES string of the molecule is CCCCC(NC(C)CCOC)c1ccc(F)cc1. The van der Waals surface area contributed by atoms with Gasteiger partial charge in [-0.25, -0.2) is 4.39 Å². The van der Waals surface area contributed by atoms with Crippen LogP contribution in [0.4, 0.5) is 4.39 Å². The molecular formula is C16H26FNO. The van der Waals surface area contributed by atoms with Crippen LogP contribution in [0.25, 0.3) is 0 Å². The second-order valence-electron chi connectivity index (χ2n) is 5.10. The second-order valence-corrected chi connectivity index (χ2v) is 5.10. The molecule has 1 aromatic carbocycles. The number of halogens is 1. The van der Waals surface area contributed by atoms with Crippen LogP contribution in [0.3, 0.4) is 0 Å². The molecule has 1 N–H and O–H groups in total. The van der Waals surface area contributed by atoms with Gasteiger partial charge >= 0.3 is 0 Å². The zero-order valence-electron chi connectivity index (χ0n) is 12.3. The lowest BCUT2D eigenvalue weighted by atomic mass is 10.00. The van der Waals surface area contributed by atoms with Gasteiger partial charge in [-0.2, -0.15) is 0 Å². The fourth-order valence-corrected chi connectivity index (χ4v) is 2.17. The van der Waals surface area contributed by atoms with E-state index in [1.54, 1.807) is 7.11 Å². The Morgan fingerprint density at radius 3 is 2.47 bits per heavy atom. The molecular weight excluding hydrogens is 241 g/mol. The highest BCUT2D eigenvalue weighted by molar-refractivity contribution is 5.20. The van der Waals surface area contributed by atoms with Crippen LogP contribution in [0.15, 0.2) is 24.3 Å². The number of unbranched alkanes of at least 4 members (excludes halogenated alkanes) is 1. The smallest absolute Gasteiger partial charge is 0.123 e. The maximum Gasteiger partial charge on any atom is 0.123 e. The molecule has 0 spiro atoms. The summed E-state index contributed by atoms with van der Waals surface area (Å²) >= 11 is 0. The van der Waals surface area contributed by atoms with E-state index in [2.05, 4.69) is 19.2 Å². The maximum atomic E-state index is 13.0. The summed E-state index contributed by atoms with van der Waals surface area (Å²) in [7, 11) is 1.72. The molecule has 0 bridgehead atoms. The van der Waals surface area contributed by atoms with Gasteiger partial charge in [-0.3, -0.25) is 0 Å². The van der Waals surface area contributed by atoms with E-state index in [-0.39, 0.29) is 5.82 Å². The molecule has 2 atom stereocenters. The van der Waals surface area contributed by atoms with E-state index in [1.165, 1.54) is 30.5 Å². The molecule has 108 valence electrons. The van der Waals surface area contributed by atoms with Crippen molar-refractivity contribution in [3.8, 4) is 0 Å². The molecule has 0 radical (unpaired) electrons. The summed E-state index contributed by atoms with van der Waals surface area (Å²) in [5.41, 5.74) is 1.17. The van der Waals surface area contributed by atoms with Crippen LogP contribution in [0.2, 0.25) is 0 Å². The van der Waals surface area contributed by atoms with E-state index in [9.17, 15) is 4.39 Å². The van der Waals surface area contributed by atoms with Gasteiger partial charge in [-0.05, 0) is 37.5 Å². The molecule has 0 saturated carbocycles. The topological polar surface area (TPSA) is 21.3 Å². The third-order valence-electron chi connectivity index (χ3n) is 3.36. The van der Waals surface area contributed by atoms with E-state index in [0.717, 1.165) is 19.4 Å². The average molecular weight is 267 g/mol. The van der Waals surface area contributed by atoms with Crippen molar-refractivity contribution in [3.63, 3.8) is 0 Å². The molecule has 0 heterocycles. The first-order valence-corrected chi connectivity index (χ1v) is 7.17. The summed E-state index contributed by atoms with van der Waals surface area (Å²) < 4.78 is 18.1. The third-order valence-corrected chi connectivity index (χ3v) is 3.36. The van der Waals surface area contributed by atoms with Crippen LogP contribution in [0, 0.1) is 5.82 Å². The molecule has 1 rings (SSSR count). The normalized spacial score (nSPS) is 14.3. The zero-order chi connectivity index (χ0) is 14.1. The van der Waals surface area contributed by atoms with Gasteiger partial charge in [-0.15, -0.1) is 0 Å². The van der Waals surface area contributed by atoms with Crippen molar-refractivity contribution in [3.05, 3.63) is 35.6 Å². The number of rotatable bonds is 9. The molecule has 0 amide bonds. The van der Waals surface area contributed by atoms with Crippen molar-refractivity contribution >= 4 is 0 Å². The molecule has 19 heavy (non-hydrogen) atoms. The molecule has 0 aliphatic heterocycles. The first-order valence-electron chi connectivity index (χ1n) is 7.17. The Hall–Kier alpha value is -0.930. The molecule has 2 unspecified atom stereocenters. The Kier molecular flexibility index (Phi) is 7.68. The Labute approximate surface area is 116 Å². The van der Waals surface area contributed by atoms with Crippen LogP contribution < -0.4 is 5.32 Å². The van der Waals surface area contributed by atoms with Crippen molar-refractivity contribution in [2.75, 3.05) is 13.7 Å². The van der Waals surface area contributed by atoms with Gasteiger partial charge in [0.1, 0.15) is 5.82 Å². The van der Waals surface area contributed by atoms with E-state index < -0.39 is 0 Å². The van der Waals surface area contributed by atoms with E-state index in [4.69, 9.17) is 4.74 Å². The third kappa shape index (κ3) is 6.17. The van der Waals surface area contributed by atoms with Crippen LogP contribution in [0.1, 0.15) is 51.1 Å². The minimum atomic E-state index is -0.176. The Balaban J connectivity index is 2.62. The second kappa shape index (κ2) is 9.05. The largest absolute Gasteiger partial charge is 0.385 e. The highest BCUT2D eigenvalue weighted by Gasteiger charge is 2.13. The highest BCUT2D eigenvalue weighted by atomic mass is 19.1. The molecule has 0 saturated heterocycles. The number of hydrogen-bond donors (Lipinski definition) is 1. The quantitative estimate of drug-likeness (QED) is 0.728. The lowest BCUT2D eigenvalue weighted by Gasteiger charge is -2.24. The van der Waals surface area contributed by atoms with Crippen molar-refractivity contribution in [1.82, 2.24) is 5.32 Å². The van der Waals surface area contributed by atoms with E-state index in [1.807, 2.05) is 12.1 Å². The van der Waals surface area contributed by atoms with Crippen LogP contribution >= 0.6 is 0 Å². The van der Waals surface area contributed by atoms with Gasteiger partial charge in [0.05, 0.1) is 0 Å². The molecule has 2 nitrogen and oxygen atoms in total. The lowest BCUT2D eigenvalue weighted by molar-refractivity contribution is 0.182.